The van der Waals surface area contributed by atoms with Crippen LogP contribution >= 0.6 is 0 Å². The van der Waals surface area contributed by atoms with Gasteiger partial charge in [-0.25, -0.2) is 0 Å². The second-order valence-electron chi connectivity index (χ2n) is 7.75. The largest absolute Gasteiger partial charge is 1.00 e. The summed E-state index contributed by atoms with van der Waals surface area (Å²) >= 11 is 0. The van der Waals surface area contributed by atoms with Gasteiger partial charge in [0.1, 0.15) is 6.61 Å². The summed E-state index contributed by atoms with van der Waals surface area (Å²) in [5, 5.41) is 0. The van der Waals surface area contributed by atoms with E-state index < -0.39 is 0 Å². The van der Waals surface area contributed by atoms with Gasteiger partial charge in [-0.3, -0.25) is 9.69 Å². The van der Waals surface area contributed by atoms with Crippen LogP contribution in [0.25, 0.3) is 0 Å². The molecule has 31 heavy (non-hydrogen) atoms. The Balaban J connectivity index is 0.000000550. The van der Waals surface area contributed by atoms with Crippen LogP contribution in [0.15, 0.2) is 60.7 Å². The number of benzene rings is 2. The second-order valence-corrected chi connectivity index (χ2v) is 7.75. The topological polar surface area (TPSA) is 42.0 Å². The molecular weight excluding hydrogens is 398 g/mol. The van der Waals surface area contributed by atoms with Crippen molar-refractivity contribution in [2.45, 2.75) is 39.0 Å². The number of hydrogen-bond acceptors (Lipinski definition) is 4. The number of hydrogen-bond donors (Lipinski definition) is 0. The number of morpholine rings is 2. The van der Waals surface area contributed by atoms with E-state index >= 15 is 0 Å². The van der Waals surface area contributed by atoms with Gasteiger partial charge in [-0.05, 0) is 25.0 Å². The molecule has 0 bridgehead atoms. The number of amides is 1. The zero-order chi connectivity index (χ0) is 20.5. The molecule has 2 saturated heterocycles. The van der Waals surface area contributed by atoms with Crippen LogP contribution in [0, 0.1) is 0 Å². The van der Waals surface area contributed by atoms with Crippen molar-refractivity contribution in [1.29, 1.82) is 0 Å². The third-order valence-corrected chi connectivity index (χ3v) is 5.37. The smallest absolute Gasteiger partial charge is 1.00 e. The fraction of sp³-hybridized carbons (Fsp3) is 0.458. The van der Waals surface area contributed by atoms with Crippen molar-refractivity contribution in [3.8, 4) is 0 Å². The van der Waals surface area contributed by atoms with Gasteiger partial charge >= 0.3 is 18.9 Å². The molecule has 0 radical (unpaired) electrons. The Morgan fingerprint density at radius 2 is 1.42 bits per heavy atom. The second kappa shape index (κ2) is 14.9. The van der Waals surface area contributed by atoms with Crippen molar-refractivity contribution in [3.05, 3.63) is 71.8 Å². The molecule has 7 heteroatoms. The third kappa shape index (κ3) is 9.13. The van der Waals surface area contributed by atoms with Crippen molar-refractivity contribution in [1.82, 2.24) is 9.80 Å². The average Bonchev–Trinajstić information content (AvgIpc) is 2.75. The molecule has 0 aliphatic carbocycles. The Hall–Kier alpha value is -1.08. The standard InChI is InChI=1S/C12H15NO2.C12H17NO.Al.Li.4H/c1-10-8-15-9-12(14)13(10)7-11-5-3-2-4-6-11;1-11-10-14-8-7-13(11)9-12-5-3-2-4-6-12;;;;;;/h2-6,10H,7-9H2,1H3;2-6,11H,7-10H2,1H3;;;;;;/q;;;+1;;;;-1/t10-;11-;;;;;;/m00....../s1. The minimum atomic E-state index is 0. The van der Waals surface area contributed by atoms with Crippen LogP contribution in [-0.2, 0) is 27.4 Å². The maximum atomic E-state index is 11.6. The first kappa shape index (κ1) is 28.0. The molecule has 0 saturated carbocycles. The molecule has 2 aromatic rings. The predicted octanol–water partition coefficient (Wildman–Crippen LogP) is -0.726. The van der Waals surface area contributed by atoms with E-state index in [9.17, 15) is 4.79 Å². The van der Waals surface area contributed by atoms with Crippen LogP contribution in [0.4, 0.5) is 0 Å². The fourth-order valence-corrected chi connectivity index (χ4v) is 3.57. The van der Waals surface area contributed by atoms with Crippen molar-refractivity contribution < 1.29 is 34.6 Å². The monoisotopic (exact) mass is 434 g/mol. The molecule has 2 atom stereocenters. The maximum absolute atomic E-state index is 11.6. The molecular formula is C24H36AlLiN2O3. The minimum Gasteiger partial charge on any atom is -1.00 e. The summed E-state index contributed by atoms with van der Waals surface area (Å²) in [5.41, 5.74) is 2.56. The Bertz CT molecular complexity index is 757. The summed E-state index contributed by atoms with van der Waals surface area (Å²) < 4.78 is 10.6. The minimum absolute atomic E-state index is 0. The molecule has 2 aliphatic heterocycles. The van der Waals surface area contributed by atoms with Crippen molar-refractivity contribution in [3.63, 3.8) is 0 Å². The van der Waals surface area contributed by atoms with Crippen molar-refractivity contribution >= 4 is 23.3 Å². The third-order valence-electron chi connectivity index (χ3n) is 5.37. The van der Waals surface area contributed by atoms with Crippen LogP contribution in [-0.4, -0.2) is 78.1 Å². The first-order valence-corrected chi connectivity index (χ1v) is 10.4. The Morgan fingerprint density at radius 3 is 1.97 bits per heavy atom. The SMILES string of the molecule is C[C@H]1COCC(=O)N1Cc1ccccc1.C[C@H]1COCCN1Cc1ccccc1.[AlH3].[H-].[Li+]. The Morgan fingerprint density at radius 1 is 0.871 bits per heavy atom. The number of nitrogens with zero attached hydrogens (tertiary/aromatic N) is 2. The quantitative estimate of drug-likeness (QED) is 0.596. The van der Waals surface area contributed by atoms with E-state index in [-0.39, 0.29) is 56.2 Å². The first-order chi connectivity index (χ1) is 14.1. The van der Waals surface area contributed by atoms with Gasteiger partial charge < -0.3 is 15.8 Å². The molecule has 2 aliphatic rings. The molecule has 2 fully saturated rings. The van der Waals surface area contributed by atoms with E-state index in [1.54, 1.807) is 0 Å². The van der Waals surface area contributed by atoms with Gasteiger partial charge in [0.05, 0.1) is 25.9 Å². The van der Waals surface area contributed by atoms with Crippen molar-refractivity contribution in [2.24, 2.45) is 0 Å². The Kier molecular flexibility index (Phi) is 13.4. The van der Waals surface area contributed by atoms with Crippen LogP contribution < -0.4 is 18.9 Å². The summed E-state index contributed by atoms with van der Waals surface area (Å²) in [6.45, 7) is 9.62. The molecule has 1 amide bonds. The molecule has 2 heterocycles. The average molecular weight is 434 g/mol. The van der Waals surface area contributed by atoms with E-state index in [0.29, 0.717) is 19.2 Å². The number of rotatable bonds is 4. The van der Waals surface area contributed by atoms with Gasteiger partial charge in [0.2, 0.25) is 5.91 Å². The molecule has 0 spiro atoms. The van der Waals surface area contributed by atoms with Crippen LogP contribution in [0.5, 0.6) is 0 Å². The number of ether oxygens (including phenoxy) is 2. The van der Waals surface area contributed by atoms with E-state index in [2.05, 4.69) is 42.2 Å². The van der Waals surface area contributed by atoms with E-state index in [1.807, 2.05) is 42.2 Å². The van der Waals surface area contributed by atoms with E-state index in [4.69, 9.17) is 9.47 Å². The van der Waals surface area contributed by atoms with Crippen LogP contribution in [0.2, 0.25) is 0 Å². The van der Waals surface area contributed by atoms with Gasteiger partial charge in [0.15, 0.2) is 17.4 Å². The van der Waals surface area contributed by atoms with Gasteiger partial charge in [0, 0.05) is 25.7 Å². The Labute approximate surface area is 210 Å². The van der Waals surface area contributed by atoms with Crippen molar-refractivity contribution in [2.75, 3.05) is 33.0 Å². The molecule has 5 nitrogen and oxygen atoms in total. The normalized spacial score (nSPS) is 21.2. The molecule has 164 valence electrons. The number of carbonyl (C=O) groups excluding carboxylic acids is 1. The summed E-state index contributed by atoms with van der Waals surface area (Å²) in [4.78, 5) is 16.0. The van der Waals surface area contributed by atoms with E-state index in [1.165, 1.54) is 11.1 Å². The van der Waals surface area contributed by atoms with Crippen LogP contribution in [0.3, 0.4) is 0 Å². The van der Waals surface area contributed by atoms with Gasteiger partial charge in [-0.1, -0.05) is 60.7 Å². The molecule has 0 unspecified atom stereocenters. The summed E-state index contributed by atoms with van der Waals surface area (Å²) in [7, 11) is 0. The summed E-state index contributed by atoms with van der Waals surface area (Å²) in [5.74, 6) is 0.0811. The summed E-state index contributed by atoms with van der Waals surface area (Å²) in [6.07, 6.45) is 0. The molecule has 2 aromatic carbocycles. The number of carbonyl (C=O) groups is 1. The molecule has 4 rings (SSSR count). The van der Waals surface area contributed by atoms with Gasteiger partial charge in [0.25, 0.3) is 0 Å². The van der Waals surface area contributed by atoms with Crippen LogP contribution in [0.1, 0.15) is 26.4 Å². The molecule has 0 aromatic heterocycles. The zero-order valence-corrected chi connectivity index (χ0v) is 18.5. The fourth-order valence-electron chi connectivity index (χ4n) is 3.57. The summed E-state index contributed by atoms with van der Waals surface area (Å²) in [6, 6.07) is 21.4. The van der Waals surface area contributed by atoms with Gasteiger partial charge in [-0.15, -0.1) is 0 Å². The predicted molar refractivity (Wildman–Crippen MR) is 125 cm³/mol. The zero-order valence-electron chi connectivity index (χ0n) is 19.5. The molecule has 0 N–H and O–H groups in total. The first-order valence-electron chi connectivity index (χ1n) is 10.4. The maximum Gasteiger partial charge on any atom is 1.00 e. The van der Waals surface area contributed by atoms with E-state index in [0.717, 1.165) is 26.3 Å². The van der Waals surface area contributed by atoms with Gasteiger partial charge in [-0.2, -0.15) is 0 Å².